The zero-order valence-electron chi connectivity index (χ0n) is 24.6. The standard InChI is InChI=1S/C34H33F3N2O5/c1-22-29(32(40)42-3)31(27-9-4-10-28(20-27)34(35,36)37)30(23(2)39-22)33(41)44-18-17-43-16-6-8-24-11-13-25(14-12-24)19-26-7-5-15-38-21-26/h4-15,20-21,31,39H,16-19H2,1-3H3/b8-6+. The number of pyridine rings is 1. The molecule has 7 nitrogen and oxygen atoms in total. The van der Waals surface area contributed by atoms with Crippen molar-refractivity contribution in [3.8, 4) is 0 Å². The molecule has 0 bridgehead atoms. The molecule has 10 heteroatoms. The van der Waals surface area contributed by atoms with E-state index in [1.165, 1.54) is 24.8 Å². The first kappa shape index (κ1) is 32.2. The number of benzene rings is 2. The van der Waals surface area contributed by atoms with Gasteiger partial charge < -0.3 is 19.5 Å². The van der Waals surface area contributed by atoms with Crippen LogP contribution in [0.1, 0.15) is 47.6 Å². The van der Waals surface area contributed by atoms with Crippen molar-refractivity contribution in [2.24, 2.45) is 0 Å². The normalized spacial score (nSPS) is 15.4. The van der Waals surface area contributed by atoms with E-state index >= 15 is 0 Å². The molecule has 1 atom stereocenters. The number of nitrogens with one attached hydrogen (secondary N) is 1. The van der Waals surface area contributed by atoms with Crippen molar-refractivity contribution in [3.63, 3.8) is 0 Å². The molecule has 0 fully saturated rings. The molecule has 2 aromatic carbocycles. The first-order valence-corrected chi connectivity index (χ1v) is 13.9. The van der Waals surface area contributed by atoms with Crippen molar-refractivity contribution in [3.05, 3.63) is 129 Å². The smallest absolute Gasteiger partial charge is 0.416 e. The van der Waals surface area contributed by atoms with E-state index in [4.69, 9.17) is 14.2 Å². The molecule has 44 heavy (non-hydrogen) atoms. The number of allylic oxidation sites excluding steroid dienone is 2. The Hall–Kier alpha value is -4.70. The van der Waals surface area contributed by atoms with Crippen LogP contribution in [0.25, 0.3) is 6.08 Å². The Morgan fingerprint density at radius 1 is 0.932 bits per heavy atom. The summed E-state index contributed by atoms with van der Waals surface area (Å²) in [5.74, 6) is -2.68. The average Bonchev–Trinajstić information content (AvgIpc) is 3.00. The van der Waals surface area contributed by atoms with E-state index in [1.54, 1.807) is 20.0 Å². The molecule has 0 spiro atoms. The summed E-state index contributed by atoms with van der Waals surface area (Å²) >= 11 is 0. The molecule has 2 heterocycles. The Labute approximate surface area is 254 Å². The lowest BCUT2D eigenvalue weighted by Gasteiger charge is -2.30. The molecule has 1 aliphatic heterocycles. The van der Waals surface area contributed by atoms with E-state index in [0.29, 0.717) is 11.4 Å². The molecule has 0 amide bonds. The molecule has 3 aromatic rings. The van der Waals surface area contributed by atoms with Crippen LogP contribution in [0.5, 0.6) is 0 Å². The van der Waals surface area contributed by atoms with E-state index in [1.807, 2.05) is 42.6 Å². The summed E-state index contributed by atoms with van der Waals surface area (Å²) in [6.07, 6.45) is 3.55. The summed E-state index contributed by atoms with van der Waals surface area (Å²) in [5.41, 5.74) is 3.29. The topological polar surface area (TPSA) is 86.8 Å². The first-order chi connectivity index (χ1) is 21.1. The molecule has 0 radical (unpaired) electrons. The predicted molar refractivity (Wildman–Crippen MR) is 159 cm³/mol. The van der Waals surface area contributed by atoms with Gasteiger partial charge in [-0.05, 0) is 54.7 Å². The van der Waals surface area contributed by atoms with E-state index in [2.05, 4.69) is 22.4 Å². The molecule has 0 saturated carbocycles. The molecule has 4 rings (SSSR count). The van der Waals surface area contributed by atoms with Crippen molar-refractivity contribution in [1.82, 2.24) is 10.3 Å². The lowest BCUT2D eigenvalue weighted by molar-refractivity contribution is -0.141. The van der Waals surface area contributed by atoms with Crippen molar-refractivity contribution in [2.75, 3.05) is 26.9 Å². The number of dihydropyridines is 1. The largest absolute Gasteiger partial charge is 0.466 e. The van der Waals surface area contributed by atoms with Gasteiger partial charge in [-0.3, -0.25) is 4.98 Å². The van der Waals surface area contributed by atoms with Gasteiger partial charge in [0.05, 0.1) is 43.0 Å². The van der Waals surface area contributed by atoms with Gasteiger partial charge in [0, 0.05) is 23.8 Å². The fraction of sp³-hybridized carbons (Fsp3) is 0.265. The number of hydrogen-bond acceptors (Lipinski definition) is 7. The SMILES string of the molecule is COC(=O)C1=C(C)NC(C)=C(C(=O)OCCOC/C=C/c2ccc(Cc3cccnc3)cc2)C1c1cccc(C(F)(F)F)c1. The number of ether oxygens (including phenoxy) is 3. The number of halogens is 3. The number of alkyl halides is 3. The van der Waals surface area contributed by atoms with Crippen LogP contribution in [-0.4, -0.2) is 43.9 Å². The number of esters is 2. The molecule has 1 unspecified atom stereocenters. The maximum atomic E-state index is 13.5. The monoisotopic (exact) mass is 606 g/mol. The predicted octanol–water partition coefficient (Wildman–Crippen LogP) is 6.37. The first-order valence-electron chi connectivity index (χ1n) is 13.9. The second-order valence-electron chi connectivity index (χ2n) is 10.1. The third kappa shape index (κ3) is 8.23. The highest BCUT2D eigenvalue weighted by molar-refractivity contribution is 5.99. The van der Waals surface area contributed by atoms with Crippen LogP contribution in [0, 0.1) is 0 Å². The van der Waals surface area contributed by atoms with Crippen molar-refractivity contribution in [2.45, 2.75) is 32.4 Å². The van der Waals surface area contributed by atoms with Crippen LogP contribution >= 0.6 is 0 Å². The summed E-state index contributed by atoms with van der Waals surface area (Å²) in [7, 11) is 1.17. The summed E-state index contributed by atoms with van der Waals surface area (Å²) < 4.78 is 56.4. The Bertz CT molecular complexity index is 1560. The van der Waals surface area contributed by atoms with Crippen LogP contribution in [0.15, 0.2) is 102 Å². The van der Waals surface area contributed by atoms with Crippen molar-refractivity contribution < 1.29 is 37.0 Å². The van der Waals surface area contributed by atoms with Gasteiger partial charge in [-0.2, -0.15) is 13.2 Å². The zero-order chi connectivity index (χ0) is 31.7. The highest BCUT2D eigenvalue weighted by Gasteiger charge is 2.39. The van der Waals surface area contributed by atoms with Crippen LogP contribution in [-0.2, 0) is 36.4 Å². The molecule has 1 aromatic heterocycles. The number of carbonyl (C=O) groups is 2. The Morgan fingerprint density at radius 2 is 1.66 bits per heavy atom. The van der Waals surface area contributed by atoms with Crippen molar-refractivity contribution >= 4 is 18.0 Å². The lowest BCUT2D eigenvalue weighted by Crippen LogP contribution is -2.32. The molecule has 1 N–H and O–H groups in total. The molecular formula is C34H33F3N2O5. The van der Waals surface area contributed by atoms with Crippen molar-refractivity contribution in [1.29, 1.82) is 0 Å². The molecular weight excluding hydrogens is 573 g/mol. The summed E-state index contributed by atoms with van der Waals surface area (Å²) in [5, 5.41) is 2.96. The Morgan fingerprint density at radius 3 is 2.32 bits per heavy atom. The summed E-state index contributed by atoms with van der Waals surface area (Å²) in [6.45, 7) is 3.46. The maximum Gasteiger partial charge on any atom is 0.416 e. The highest BCUT2D eigenvalue weighted by atomic mass is 19.4. The van der Waals surface area contributed by atoms with Gasteiger partial charge in [0.15, 0.2) is 0 Å². The quantitative estimate of drug-likeness (QED) is 0.201. The number of methoxy groups -OCH3 is 1. The number of hydrogen-bond donors (Lipinski definition) is 1. The summed E-state index contributed by atoms with van der Waals surface area (Å²) in [4.78, 5) is 30.1. The second-order valence-corrected chi connectivity index (χ2v) is 10.1. The average molecular weight is 607 g/mol. The Kier molecular flexibility index (Phi) is 10.7. The van der Waals surface area contributed by atoms with Crippen LogP contribution in [0.2, 0.25) is 0 Å². The fourth-order valence-electron chi connectivity index (χ4n) is 4.96. The Balaban J connectivity index is 1.35. The minimum Gasteiger partial charge on any atom is -0.466 e. The van der Waals surface area contributed by atoms with Crippen LogP contribution in [0.4, 0.5) is 13.2 Å². The van der Waals surface area contributed by atoms with Crippen LogP contribution in [0.3, 0.4) is 0 Å². The van der Waals surface area contributed by atoms with Gasteiger partial charge in [-0.25, -0.2) is 9.59 Å². The third-order valence-electron chi connectivity index (χ3n) is 7.03. The van der Waals surface area contributed by atoms with E-state index in [0.717, 1.165) is 29.7 Å². The van der Waals surface area contributed by atoms with Gasteiger partial charge in [0.25, 0.3) is 0 Å². The lowest BCUT2D eigenvalue weighted by atomic mass is 9.80. The molecule has 0 saturated heterocycles. The number of aromatic nitrogens is 1. The number of rotatable bonds is 11. The fourth-order valence-corrected chi connectivity index (χ4v) is 4.96. The summed E-state index contributed by atoms with van der Waals surface area (Å²) in [6, 6.07) is 16.6. The van der Waals surface area contributed by atoms with E-state index in [-0.39, 0.29) is 36.5 Å². The van der Waals surface area contributed by atoms with Crippen LogP contribution < -0.4 is 5.32 Å². The van der Waals surface area contributed by atoms with Gasteiger partial charge in [0.1, 0.15) is 6.61 Å². The van der Waals surface area contributed by atoms with Gasteiger partial charge >= 0.3 is 18.1 Å². The van der Waals surface area contributed by atoms with E-state index < -0.39 is 29.6 Å². The maximum absolute atomic E-state index is 13.5. The van der Waals surface area contributed by atoms with Gasteiger partial charge in [0.2, 0.25) is 0 Å². The molecule has 0 aliphatic carbocycles. The van der Waals surface area contributed by atoms with Gasteiger partial charge in [-0.1, -0.05) is 60.7 Å². The van der Waals surface area contributed by atoms with Gasteiger partial charge in [-0.15, -0.1) is 0 Å². The zero-order valence-corrected chi connectivity index (χ0v) is 24.6. The second kappa shape index (κ2) is 14.7. The highest BCUT2D eigenvalue weighted by Crippen LogP contribution is 2.41. The minimum absolute atomic E-state index is 0.0159. The number of nitrogens with zero attached hydrogens (tertiary/aromatic N) is 1. The number of carbonyl (C=O) groups excluding carboxylic acids is 2. The molecule has 230 valence electrons. The minimum atomic E-state index is -4.61. The molecule has 1 aliphatic rings. The van der Waals surface area contributed by atoms with E-state index in [9.17, 15) is 22.8 Å². The third-order valence-corrected chi connectivity index (χ3v) is 7.03.